The fraction of sp³-hybridized carbons (Fsp3) is 0.867. The molecular weight excluding hydrogens is 339 g/mol. The Morgan fingerprint density at radius 3 is 2.39 bits per heavy atom. The number of ether oxygens (including phenoxy) is 2. The molecule has 3 heteroatoms. The molecule has 0 bridgehead atoms. The first-order valence-corrected chi connectivity index (χ1v) is 8.62. The SMILES string of the molecule is CCCCCCC#CCOC(CI)OCCCC. The molecule has 2 nitrogen and oxygen atoms in total. The zero-order valence-electron chi connectivity index (χ0n) is 11.8. The van der Waals surface area contributed by atoms with Gasteiger partial charge in [-0.15, -0.1) is 5.92 Å². The molecule has 0 spiro atoms. The second-order valence-corrected chi connectivity index (χ2v) is 5.16. The van der Waals surface area contributed by atoms with Gasteiger partial charge in [0, 0.05) is 13.0 Å². The maximum absolute atomic E-state index is 5.59. The second-order valence-electron chi connectivity index (χ2n) is 4.28. The minimum Gasteiger partial charge on any atom is -0.352 e. The minimum atomic E-state index is -0.0912. The van der Waals surface area contributed by atoms with Crippen LogP contribution in [-0.2, 0) is 9.47 Å². The molecule has 0 fully saturated rings. The zero-order valence-corrected chi connectivity index (χ0v) is 14.0. The Kier molecular flexibility index (Phi) is 15.4. The van der Waals surface area contributed by atoms with E-state index in [-0.39, 0.29) is 6.29 Å². The van der Waals surface area contributed by atoms with Gasteiger partial charge in [0.1, 0.15) is 6.61 Å². The van der Waals surface area contributed by atoms with Crippen LogP contribution in [0.15, 0.2) is 0 Å². The van der Waals surface area contributed by atoms with Gasteiger partial charge >= 0.3 is 0 Å². The summed E-state index contributed by atoms with van der Waals surface area (Å²) in [5.74, 6) is 6.22. The van der Waals surface area contributed by atoms with Crippen molar-refractivity contribution >= 4 is 22.6 Å². The lowest BCUT2D eigenvalue weighted by Gasteiger charge is -2.14. The molecule has 0 rings (SSSR count). The summed E-state index contributed by atoms with van der Waals surface area (Å²) >= 11 is 2.29. The summed E-state index contributed by atoms with van der Waals surface area (Å²) in [7, 11) is 0. The van der Waals surface area contributed by atoms with E-state index >= 15 is 0 Å². The van der Waals surface area contributed by atoms with E-state index in [0.29, 0.717) is 6.61 Å². The standard InChI is InChI=1S/C15H27IO2/c1-3-5-7-8-9-10-11-13-18-15(14-16)17-12-6-4-2/h15H,3-9,12-14H2,1-2H3. The number of hydrogen-bond donors (Lipinski definition) is 0. The highest BCUT2D eigenvalue weighted by atomic mass is 127. The molecule has 0 saturated carbocycles. The normalized spacial score (nSPS) is 11.9. The van der Waals surface area contributed by atoms with Gasteiger partial charge < -0.3 is 9.47 Å². The molecular formula is C15H27IO2. The average Bonchev–Trinajstić information content (AvgIpc) is 2.40. The molecule has 0 amide bonds. The largest absolute Gasteiger partial charge is 0.352 e. The lowest BCUT2D eigenvalue weighted by molar-refractivity contribution is -0.116. The van der Waals surface area contributed by atoms with Crippen LogP contribution >= 0.6 is 22.6 Å². The molecule has 0 heterocycles. The molecule has 0 aliphatic rings. The quantitative estimate of drug-likeness (QED) is 0.176. The van der Waals surface area contributed by atoms with Gasteiger partial charge in [0.2, 0.25) is 0 Å². The van der Waals surface area contributed by atoms with Crippen LogP contribution in [0.2, 0.25) is 0 Å². The molecule has 0 aromatic carbocycles. The van der Waals surface area contributed by atoms with Crippen molar-refractivity contribution in [1.29, 1.82) is 0 Å². The Labute approximate surface area is 126 Å². The number of rotatable bonds is 11. The Balaban J connectivity index is 3.45. The van der Waals surface area contributed by atoms with E-state index in [1.807, 2.05) is 0 Å². The first-order chi connectivity index (χ1) is 8.85. The van der Waals surface area contributed by atoms with Crippen LogP contribution in [0.25, 0.3) is 0 Å². The van der Waals surface area contributed by atoms with Crippen molar-refractivity contribution in [3.8, 4) is 11.8 Å². The monoisotopic (exact) mass is 366 g/mol. The molecule has 0 aromatic rings. The molecule has 0 radical (unpaired) electrons. The summed E-state index contributed by atoms with van der Waals surface area (Å²) < 4.78 is 12.0. The van der Waals surface area contributed by atoms with Gasteiger partial charge in [-0.2, -0.15) is 0 Å². The Hall–Kier alpha value is 0.210. The highest BCUT2D eigenvalue weighted by molar-refractivity contribution is 14.1. The van der Waals surface area contributed by atoms with Crippen molar-refractivity contribution < 1.29 is 9.47 Å². The van der Waals surface area contributed by atoms with E-state index in [2.05, 4.69) is 48.3 Å². The minimum absolute atomic E-state index is 0.0912. The third-order valence-corrected chi connectivity index (χ3v) is 3.27. The summed E-state index contributed by atoms with van der Waals surface area (Å²) in [5.41, 5.74) is 0. The smallest absolute Gasteiger partial charge is 0.167 e. The van der Waals surface area contributed by atoms with Gasteiger partial charge in [0.25, 0.3) is 0 Å². The van der Waals surface area contributed by atoms with Crippen molar-refractivity contribution in [3.05, 3.63) is 0 Å². The van der Waals surface area contributed by atoms with Crippen molar-refractivity contribution in [2.75, 3.05) is 17.6 Å². The fourth-order valence-electron chi connectivity index (χ4n) is 1.41. The highest BCUT2D eigenvalue weighted by Gasteiger charge is 2.05. The molecule has 0 aliphatic carbocycles. The van der Waals surface area contributed by atoms with Gasteiger partial charge in [0.05, 0.1) is 4.43 Å². The third-order valence-electron chi connectivity index (χ3n) is 2.55. The van der Waals surface area contributed by atoms with Crippen LogP contribution in [0.5, 0.6) is 0 Å². The number of halogens is 1. The van der Waals surface area contributed by atoms with E-state index in [9.17, 15) is 0 Å². The van der Waals surface area contributed by atoms with Crippen LogP contribution in [0.1, 0.15) is 58.8 Å². The molecule has 106 valence electrons. The molecule has 1 unspecified atom stereocenters. The maximum Gasteiger partial charge on any atom is 0.167 e. The lowest BCUT2D eigenvalue weighted by atomic mass is 10.2. The number of hydrogen-bond acceptors (Lipinski definition) is 2. The average molecular weight is 366 g/mol. The predicted octanol–water partition coefficient (Wildman–Crippen LogP) is 4.55. The van der Waals surface area contributed by atoms with E-state index in [0.717, 1.165) is 30.3 Å². The zero-order chi connectivity index (χ0) is 13.5. The van der Waals surface area contributed by atoms with E-state index < -0.39 is 0 Å². The van der Waals surface area contributed by atoms with Crippen molar-refractivity contribution in [2.24, 2.45) is 0 Å². The van der Waals surface area contributed by atoms with Crippen LogP contribution in [0.3, 0.4) is 0 Å². The summed E-state index contributed by atoms with van der Waals surface area (Å²) in [4.78, 5) is 0. The van der Waals surface area contributed by atoms with E-state index in [4.69, 9.17) is 9.47 Å². The highest BCUT2D eigenvalue weighted by Crippen LogP contribution is 2.03. The molecule has 18 heavy (non-hydrogen) atoms. The van der Waals surface area contributed by atoms with Gasteiger partial charge in [-0.25, -0.2) is 0 Å². The van der Waals surface area contributed by atoms with E-state index in [1.54, 1.807) is 0 Å². The number of unbranched alkanes of at least 4 members (excludes halogenated alkanes) is 5. The second kappa shape index (κ2) is 15.3. The third kappa shape index (κ3) is 12.7. The van der Waals surface area contributed by atoms with Crippen LogP contribution in [-0.4, -0.2) is 23.9 Å². The first kappa shape index (κ1) is 18.2. The van der Waals surface area contributed by atoms with Gasteiger partial charge in [0.15, 0.2) is 6.29 Å². The summed E-state index contributed by atoms with van der Waals surface area (Å²) in [6, 6.07) is 0. The van der Waals surface area contributed by atoms with Gasteiger partial charge in [-0.05, 0) is 12.8 Å². The van der Waals surface area contributed by atoms with Crippen LogP contribution < -0.4 is 0 Å². The summed E-state index contributed by atoms with van der Waals surface area (Å²) in [5, 5.41) is 0. The van der Waals surface area contributed by atoms with Crippen LogP contribution in [0.4, 0.5) is 0 Å². The van der Waals surface area contributed by atoms with Crippen LogP contribution in [0, 0.1) is 11.8 Å². The molecule has 1 atom stereocenters. The Morgan fingerprint density at radius 2 is 1.72 bits per heavy atom. The van der Waals surface area contributed by atoms with Crippen molar-refractivity contribution in [2.45, 2.75) is 65.1 Å². The lowest BCUT2D eigenvalue weighted by Crippen LogP contribution is -2.19. The van der Waals surface area contributed by atoms with Crippen molar-refractivity contribution in [3.63, 3.8) is 0 Å². The fourth-order valence-corrected chi connectivity index (χ4v) is 1.92. The Morgan fingerprint density at radius 1 is 0.944 bits per heavy atom. The molecule has 0 saturated heterocycles. The van der Waals surface area contributed by atoms with Gasteiger partial charge in [-0.3, -0.25) is 0 Å². The predicted molar refractivity (Wildman–Crippen MR) is 86.0 cm³/mol. The summed E-state index contributed by atoms with van der Waals surface area (Å²) in [6.45, 7) is 5.66. The number of alkyl halides is 1. The molecule has 0 aromatic heterocycles. The van der Waals surface area contributed by atoms with Crippen molar-refractivity contribution in [1.82, 2.24) is 0 Å². The van der Waals surface area contributed by atoms with Gasteiger partial charge in [-0.1, -0.05) is 68.0 Å². The topological polar surface area (TPSA) is 18.5 Å². The molecule has 0 N–H and O–H groups in total. The first-order valence-electron chi connectivity index (χ1n) is 7.10. The maximum atomic E-state index is 5.59. The Bertz CT molecular complexity index is 220. The molecule has 0 aliphatic heterocycles. The van der Waals surface area contributed by atoms with E-state index in [1.165, 1.54) is 25.7 Å². The summed E-state index contributed by atoms with van der Waals surface area (Å²) in [6.07, 6.45) is 8.27.